The summed E-state index contributed by atoms with van der Waals surface area (Å²) in [5.41, 5.74) is 9.65. The molecular formula is C42H26N4. The Balaban J connectivity index is 1.43. The molecule has 0 saturated carbocycles. The van der Waals surface area contributed by atoms with Gasteiger partial charge in [0.25, 0.3) is 0 Å². The van der Waals surface area contributed by atoms with Crippen molar-refractivity contribution in [3.8, 4) is 28.5 Å². The average molecular weight is 587 g/mol. The van der Waals surface area contributed by atoms with Gasteiger partial charge in [0.1, 0.15) is 0 Å². The van der Waals surface area contributed by atoms with E-state index < -0.39 is 0 Å². The topological polar surface area (TPSA) is 35.1 Å². The molecule has 4 aromatic heterocycles. The predicted molar refractivity (Wildman–Crippen MR) is 191 cm³/mol. The number of hydrogen-bond acceptors (Lipinski definition) is 2. The van der Waals surface area contributed by atoms with Gasteiger partial charge < -0.3 is 4.40 Å². The van der Waals surface area contributed by atoms with Crippen LogP contribution in [0.1, 0.15) is 0 Å². The zero-order valence-corrected chi connectivity index (χ0v) is 24.8. The number of rotatable bonds is 3. The summed E-state index contributed by atoms with van der Waals surface area (Å²) in [5.74, 6) is 0.654. The van der Waals surface area contributed by atoms with Gasteiger partial charge in [0.2, 0.25) is 5.95 Å². The highest BCUT2D eigenvalue weighted by atomic mass is 15.2. The molecule has 6 aromatic carbocycles. The van der Waals surface area contributed by atoms with Crippen LogP contribution in [0, 0.1) is 0 Å². The van der Waals surface area contributed by atoms with Crippen molar-refractivity contribution in [3.05, 3.63) is 158 Å². The quantitative estimate of drug-likeness (QED) is 0.193. The number of fused-ring (bicyclic) bond motifs is 12. The third-order valence-electron chi connectivity index (χ3n) is 9.29. The number of para-hydroxylation sites is 3. The van der Waals surface area contributed by atoms with E-state index >= 15 is 0 Å². The first kappa shape index (κ1) is 25.1. The van der Waals surface area contributed by atoms with E-state index in [0.29, 0.717) is 5.95 Å². The largest absolute Gasteiger partial charge is 0.309 e. The van der Waals surface area contributed by atoms with Crippen LogP contribution in [0.4, 0.5) is 0 Å². The molecule has 0 N–H and O–H groups in total. The van der Waals surface area contributed by atoms with E-state index in [9.17, 15) is 0 Å². The van der Waals surface area contributed by atoms with Crippen molar-refractivity contribution < 1.29 is 0 Å². The van der Waals surface area contributed by atoms with Crippen molar-refractivity contribution in [2.75, 3.05) is 0 Å². The zero-order valence-electron chi connectivity index (χ0n) is 24.8. The second-order valence-corrected chi connectivity index (χ2v) is 11.8. The van der Waals surface area contributed by atoms with Crippen molar-refractivity contribution >= 4 is 59.9 Å². The number of hydrogen-bond donors (Lipinski definition) is 0. The van der Waals surface area contributed by atoms with Crippen LogP contribution in [0.25, 0.3) is 88.4 Å². The summed E-state index contributed by atoms with van der Waals surface area (Å²) >= 11 is 0. The minimum atomic E-state index is 0.654. The summed E-state index contributed by atoms with van der Waals surface area (Å²) < 4.78 is 4.71. The number of pyridine rings is 1. The fourth-order valence-electron chi connectivity index (χ4n) is 7.29. The molecule has 46 heavy (non-hydrogen) atoms. The summed E-state index contributed by atoms with van der Waals surface area (Å²) in [6.07, 6.45) is 0. The fourth-order valence-corrected chi connectivity index (χ4v) is 7.29. The van der Waals surface area contributed by atoms with Crippen LogP contribution in [0.15, 0.2) is 158 Å². The Labute approximate surface area is 264 Å². The maximum absolute atomic E-state index is 5.31. The smallest absolute Gasteiger partial charge is 0.235 e. The summed E-state index contributed by atoms with van der Waals surface area (Å²) in [5, 5.41) is 7.20. The molecule has 10 aromatic rings. The minimum absolute atomic E-state index is 0.654. The summed E-state index contributed by atoms with van der Waals surface area (Å²) in [7, 11) is 0. The third kappa shape index (κ3) is 3.55. The molecule has 0 saturated heterocycles. The average Bonchev–Trinajstić information content (AvgIpc) is 3.69. The third-order valence-corrected chi connectivity index (χ3v) is 9.29. The van der Waals surface area contributed by atoms with Gasteiger partial charge in [-0.05, 0) is 35.7 Å². The van der Waals surface area contributed by atoms with E-state index in [1.807, 2.05) is 12.1 Å². The molecule has 0 unspecified atom stereocenters. The standard InChI is InChI=1S/C42H26N4/c1-3-13-27(14-4-1)34-26-35(28-15-5-2-6-16-28)44-42(43-34)46-38-22-12-9-19-31(38)33-24-23-32-30-18-8-11-21-37(30)45-36-20-10-7-17-29(36)25-39(45)40(32)41(33)46/h1-26H. The molecule has 0 fully saturated rings. The highest BCUT2D eigenvalue weighted by Gasteiger charge is 2.22. The molecule has 0 aliphatic heterocycles. The Hall–Kier alpha value is -6.26. The predicted octanol–water partition coefficient (Wildman–Crippen LogP) is 10.6. The molecule has 0 radical (unpaired) electrons. The fraction of sp³-hybridized carbons (Fsp3) is 0. The Morgan fingerprint density at radius 1 is 0.391 bits per heavy atom. The maximum Gasteiger partial charge on any atom is 0.235 e. The van der Waals surface area contributed by atoms with Crippen molar-refractivity contribution in [3.63, 3.8) is 0 Å². The Morgan fingerprint density at radius 3 is 1.63 bits per heavy atom. The first-order valence-corrected chi connectivity index (χ1v) is 15.6. The molecule has 0 spiro atoms. The SMILES string of the molecule is c1ccc(-c2cc(-c3ccccc3)nc(-n3c4ccccc4c4ccc5c6ccccc6n6c7ccccc7cc6c5c43)n2)cc1. The van der Waals surface area contributed by atoms with Gasteiger partial charge in [-0.3, -0.25) is 4.57 Å². The lowest BCUT2D eigenvalue weighted by Gasteiger charge is -2.15. The van der Waals surface area contributed by atoms with Crippen molar-refractivity contribution in [1.82, 2.24) is 18.9 Å². The van der Waals surface area contributed by atoms with Gasteiger partial charge in [-0.15, -0.1) is 0 Å². The van der Waals surface area contributed by atoms with E-state index in [1.54, 1.807) is 0 Å². The Kier molecular flexibility index (Phi) is 5.25. The second-order valence-electron chi connectivity index (χ2n) is 11.8. The van der Waals surface area contributed by atoms with Gasteiger partial charge >= 0.3 is 0 Å². The molecule has 4 heterocycles. The van der Waals surface area contributed by atoms with E-state index in [0.717, 1.165) is 33.5 Å². The van der Waals surface area contributed by atoms with Crippen LogP contribution >= 0.6 is 0 Å². The van der Waals surface area contributed by atoms with Gasteiger partial charge in [-0.2, -0.15) is 0 Å². The van der Waals surface area contributed by atoms with E-state index in [2.05, 4.69) is 155 Å². The molecule has 0 atom stereocenters. The molecule has 0 aliphatic carbocycles. The van der Waals surface area contributed by atoms with E-state index in [1.165, 1.54) is 48.9 Å². The van der Waals surface area contributed by atoms with Gasteiger partial charge in [0.15, 0.2) is 0 Å². The summed E-state index contributed by atoms with van der Waals surface area (Å²) in [6.45, 7) is 0. The lowest BCUT2D eigenvalue weighted by Crippen LogP contribution is -2.04. The number of nitrogens with zero attached hydrogens (tertiary/aromatic N) is 4. The van der Waals surface area contributed by atoms with Crippen LogP contribution in [0.2, 0.25) is 0 Å². The van der Waals surface area contributed by atoms with Crippen molar-refractivity contribution in [1.29, 1.82) is 0 Å². The monoisotopic (exact) mass is 586 g/mol. The molecule has 214 valence electrons. The minimum Gasteiger partial charge on any atom is -0.309 e. The van der Waals surface area contributed by atoms with Crippen LogP contribution in [-0.2, 0) is 0 Å². The maximum atomic E-state index is 5.31. The van der Waals surface area contributed by atoms with Crippen LogP contribution in [0.5, 0.6) is 0 Å². The molecule has 4 nitrogen and oxygen atoms in total. The van der Waals surface area contributed by atoms with Crippen molar-refractivity contribution in [2.45, 2.75) is 0 Å². The lowest BCUT2D eigenvalue weighted by molar-refractivity contribution is 0.998. The van der Waals surface area contributed by atoms with Gasteiger partial charge in [-0.1, -0.05) is 127 Å². The first-order chi connectivity index (χ1) is 22.8. The number of benzene rings is 6. The summed E-state index contributed by atoms with van der Waals surface area (Å²) in [6, 6.07) is 55.8. The zero-order chi connectivity index (χ0) is 30.2. The molecular weight excluding hydrogens is 560 g/mol. The van der Waals surface area contributed by atoms with Crippen LogP contribution < -0.4 is 0 Å². The lowest BCUT2D eigenvalue weighted by atomic mass is 10.0. The van der Waals surface area contributed by atoms with E-state index in [-0.39, 0.29) is 0 Å². The first-order valence-electron chi connectivity index (χ1n) is 15.6. The van der Waals surface area contributed by atoms with E-state index in [4.69, 9.17) is 9.97 Å². The highest BCUT2D eigenvalue weighted by Crippen LogP contribution is 2.42. The number of aromatic nitrogens is 4. The molecule has 0 aliphatic rings. The van der Waals surface area contributed by atoms with Gasteiger partial charge in [-0.25, -0.2) is 9.97 Å². The second kappa shape index (κ2) is 9.62. The highest BCUT2D eigenvalue weighted by molar-refractivity contribution is 6.28. The van der Waals surface area contributed by atoms with Gasteiger partial charge in [0.05, 0.1) is 39.0 Å². The summed E-state index contributed by atoms with van der Waals surface area (Å²) in [4.78, 5) is 10.6. The van der Waals surface area contributed by atoms with Crippen LogP contribution in [-0.4, -0.2) is 18.9 Å². The Morgan fingerprint density at radius 2 is 0.935 bits per heavy atom. The molecule has 0 bridgehead atoms. The molecule has 4 heteroatoms. The molecule has 0 amide bonds. The Bertz CT molecular complexity index is 2730. The van der Waals surface area contributed by atoms with Crippen molar-refractivity contribution in [2.24, 2.45) is 0 Å². The molecule has 10 rings (SSSR count). The normalized spacial score (nSPS) is 11.9. The van der Waals surface area contributed by atoms with Crippen LogP contribution in [0.3, 0.4) is 0 Å². The van der Waals surface area contributed by atoms with Gasteiger partial charge in [0, 0.05) is 38.1 Å².